The summed E-state index contributed by atoms with van der Waals surface area (Å²) >= 11 is 0. The number of carbonyl (C=O) groups is 4. The van der Waals surface area contributed by atoms with Gasteiger partial charge in [0.2, 0.25) is 5.91 Å². The molecule has 40 heavy (non-hydrogen) atoms. The molecule has 11 heteroatoms. The minimum absolute atomic E-state index is 0.132. The summed E-state index contributed by atoms with van der Waals surface area (Å²) in [6.07, 6.45) is 0.752. The largest absolute Gasteiger partial charge is 0.330 e. The van der Waals surface area contributed by atoms with Gasteiger partial charge in [0, 0.05) is 31.3 Å². The predicted molar refractivity (Wildman–Crippen MR) is 146 cm³/mol. The number of anilines is 3. The van der Waals surface area contributed by atoms with Crippen molar-refractivity contribution in [1.82, 2.24) is 19.4 Å². The molecule has 0 bridgehead atoms. The number of urea groups is 1. The van der Waals surface area contributed by atoms with Crippen LogP contribution in [0, 0.1) is 0 Å². The Hall–Kier alpha value is -5.19. The lowest BCUT2D eigenvalue weighted by Crippen LogP contribution is -2.48. The Morgan fingerprint density at radius 1 is 0.950 bits per heavy atom. The summed E-state index contributed by atoms with van der Waals surface area (Å²) in [6.45, 7) is -0.376. The van der Waals surface area contributed by atoms with Gasteiger partial charge in [0.05, 0.1) is 16.7 Å². The van der Waals surface area contributed by atoms with Crippen molar-refractivity contribution in [2.24, 2.45) is 0 Å². The number of nitrogens with zero attached hydrogens (tertiary/aromatic N) is 4. The van der Waals surface area contributed by atoms with Crippen molar-refractivity contribution in [3.63, 3.8) is 0 Å². The van der Waals surface area contributed by atoms with Crippen LogP contribution in [-0.2, 0) is 40.3 Å². The predicted octanol–water partition coefficient (Wildman–Crippen LogP) is 2.14. The second-order valence-electron chi connectivity index (χ2n) is 10.4. The number of rotatable bonds is 4. The van der Waals surface area contributed by atoms with E-state index in [1.54, 1.807) is 42.3 Å². The fourth-order valence-corrected chi connectivity index (χ4v) is 6.16. The molecule has 2 aliphatic heterocycles. The van der Waals surface area contributed by atoms with Crippen molar-refractivity contribution < 1.29 is 19.2 Å². The van der Waals surface area contributed by atoms with Gasteiger partial charge in [-0.05, 0) is 47.5 Å². The van der Waals surface area contributed by atoms with Gasteiger partial charge in [-0.2, -0.15) is 0 Å². The highest BCUT2D eigenvalue weighted by Crippen LogP contribution is 2.38. The van der Waals surface area contributed by atoms with E-state index in [0.717, 1.165) is 11.1 Å². The standard InChI is InChI=1S/C29H24N6O5/c1-32-27(39)31-26(38)29(32)13-17-10-11-19(12-18(17)14-29)30-23(36)15-33-21-8-5-9-22-25(21)34(28(33)40)16-24(37)35(22)20-6-3-2-4-7-20/h2-12H,13-16H2,1H3,(H,30,36)(H,31,38,39). The molecule has 1 aliphatic carbocycles. The summed E-state index contributed by atoms with van der Waals surface area (Å²) in [7, 11) is 1.61. The first-order chi connectivity index (χ1) is 19.3. The number of benzene rings is 3. The average Bonchev–Trinajstić information content (AvgIpc) is 3.52. The number of imidazole rings is 1. The molecule has 3 aromatic carbocycles. The number of hydrogen-bond donors (Lipinski definition) is 2. The number of para-hydroxylation sites is 2. The van der Waals surface area contributed by atoms with Crippen LogP contribution >= 0.6 is 0 Å². The molecule has 5 amide bonds. The topological polar surface area (TPSA) is 126 Å². The van der Waals surface area contributed by atoms with Crippen molar-refractivity contribution in [3.8, 4) is 0 Å². The third kappa shape index (κ3) is 3.33. The van der Waals surface area contributed by atoms with Gasteiger partial charge in [-0.3, -0.25) is 33.7 Å². The maximum atomic E-state index is 13.4. The van der Waals surface area contributed by atoms with E-state index in [2.05, 4.69) is 10.6 Å². The quantitative estimate of drug-likeness (QED) is 0.387. The van der Waals surface area contributed by atoms with E-state index in [1.807, 2.05) is 36.4 Å². The number of hydrogen-bond acceptors (Lipinski definition) is 5. The van der Waals surface area contributed by atoms with Crippen LogP contribution in [0.4, 0.5) is 21.9 Å². The zero-order chi connectivity index (χ0) is 27.8. The molecule has 3 heterocycles. The van der Waals surface area contributed by atoms with Crippen LogP contribution in [0.25, 0.3) is 11.0 Å². The molecular formula is C29H24N6O5. The van der Waals surface area contributed by atoms with E-state index in [4.69, 9.17) is 0 Å². The fourth-order valence-electron chi connectivity index (χ4n) is 6.16. The van der Waals surface area contributed by atoms with Gasteiger partial charge in [-0.25, -0.2) is 9.59 Å². The molecule has 3 aliphatic rings. The second-order valence-corrected chi connectivity index (χ2v) is 10.4. The van der Waals surface area contributed by atoms with Crippen molar-refractivity contribution in [2.45, 2.75) is 31.5 Å². The maximum absolute atomic E-state index is 13.4. The van der Waals surface area contributed by atoms with Crippen LogP contribution in [-0.4, -0.2) is 50.4 Å². The summed E-state index contributed by atoms with van der Waals surface area (Å²) in [5, 5.41) is 5.23. The van der Waals surface area contributed by atoms with Crippen LogP contribution in [0.3, 0.4) is 0 Å². The van der Waals surface area contributed by atoms with E-state index in [0.29, 0.717) is 40.9 Å². The number of likely N-dealkylation sites (N-methyl/N-ethyl adjacent to an activating group) is 1. The van der Waals surface area contributed by atoms with Crippen molar-refractivity contribution >= 4 is 51.8 Å². The first-order valence-electron chi connectivity index (χ1n) is 12.9. The Bertz CT molecular complexity index is 1840. The van der Waals surface area contributed by atoms with Gasteiger partial charge in [0.15, 0.2) is 0 Å². The Balaban J connectivity index is 1.17. The maximum Gasteiger partial charge on any atom is 0.330 e. The number of imide groups is 1. The Morgan fingerprint density at radius 3 is 2.48 bits per heavy atom. The molecule has 7 rings (SSSR count). The molecule has 1 spiro atoms. The molecule has 1 atom stereocenters. The lowest BCUT2D eigenvalue weighted by Gasteiger charge is -2.28. The molecule has 200 valence electrons. The first kappa shape index (κ1) is 23.9. The summed E-state index contributed by atoms with van der Waals surface area (Å²) in [5.74, 6) is -0.969. The van der Waals surface area contributed by atoms with E-state index < -0.39 is 23.2 Å². The summed E-state index contributed by atoms with van der Waals surface area (Å²) in [6, 6.07) is 19.5. The van der Waals surface area contributed by atoms with Crippen LogP contribution in [0.5, 0.6) is 0 Å². The highest BCUT2D eigenvalue weighted by molar-refractivity contribution is 6.10. The smallest absolute Gasteiger partial charge is 0.325 e. The van der Waals surface area contributed by atoms with Gasteiger partial charge in [0.1, 0.15) is 18.6 Å². The number of fused-ring (bicyclic) bond motifs is 1. The molecule has 0 radical (unpaired) electrons. The number of carbonyl (C=O) groups excluding carboxylic acids is 4. The average molecular weight is 537 g/mol. The third-order valence-corrected chi connectivity index (χ3v) is 8.16. The zero-order valence-corrected chi connectivity index (χ0v) is 21.5. The van der Waals surface area contributed by atoms with E-state index in [9.17, 15) is 24.0 Å². The summed E-state index contributed by atoms with van der Waals surface area (Å²) in [5.41, 5.74) is 3.39. The van der Waals surface area contributed by atoms with Crippen molar-refractivity contribution in [1.29, 1.82) is 0 Å². The molecule has 11 nitrogen and oxygen atoms in total. The van der Waals surface area contributed by atoms with E-state index in [-0.39, 0.29) is 24.9 Å². The van der Waals surface area contributed by atoms with Crippen LogP contribution in [0.15, 0.2) is 71.5 Å². The van der Waals surface area contributed by atoms with E-state index >= 15 is 0 Å². The molecule has 1 fully saturated rings. The van der Waals surface area contributed by atoms with Gasteiger partial charge in [0.25, 0.3) is 11.8 Å². The Morgan fingerprint density at radius 2 is 1.73 bits per heavy atom. The first-order valence-corrected chi connectivity index (χ1v) is 12.9. The third-order valence-electron chi connectivity index (χ3n) is 8.16. The van der Waals surface area contributed by atoms with Crippen molar-refractivity contribution in [2.75, 3.05) is 17.3 Å². The van der Waals surface area contributed by atoms with Gasteiger partial charge >= 0.3 is 11.7 Å². The number of nitrogens with one attached hydrogen (secondary N) is 2. The van der Waals surface area contributed by atoms with Gasteiger partial charge in [-0.1, -0.05) is 30.3 Å². The summed E-state index contributed by atoms with van der Waals surface area (Å²) in [4.78, 5) is 67.3. The minimum Gasteiger partial charge on any atom is -0.325 e. The minimum atomic E-state index is -0.952. The fraction of sp³-hybridized carbons (Fsp3) is 0.207. The molecule has 1 aromatic heterocycles. The molecule has 1 unspecified atom stereocenters. The number of aromatic nitrogens is 2. The normalized spacial score (nSPS) is 19.5. The zero-order valence-electron chi connectivity index (χ0n) is 21.5. The molecule has 4 aromatic rings. The van der Waals surface area contributed by atoms with Crippen LogP contribution < -0.4 is 21.2 Å². The lowest BCUT2D eigenvalue weighted by atomic mass is 9.95. The van der Waals surface area contributed by atoms with Crippen LogP contribution in [0.1, 0.15) is 11.1 Å². The molecule has 2 N–H and O–H groups in total. The van der Waals surface area contributed by atoms with Crippen LogP contribution in [0.2, 0.25) is 0 Å². The SMILES string of the molecule is CN1C(=O)NC(=O)C12Cc1ccc(NC(=O)Cn3c(=O)n4c5c(cccc53)N(c3ccccc3)C(=O)C4)cc1C2. The molecule has 0 saturated carbocycles. The highest BCUT2D eigenvalue weighted by Gasteiger charge is 2.54. The second kappa shape index (κ2) is 8.40. The van der Waals surface area contributed by atoms with Gasteiger partial charge in [-0.15, -0.1) is 0 Å². The Labute approximate surface area is 227 Å². The monoisotopic (exact) mass is 536 g/mol. The molecular weight excluding hydrogens is 512 g/mol. The summed E-state index contributed by atoms with van der Waals surface area (Å²) < 4.78 is 2.79. The number of amides is 5. The Kier molecular flexibility index (Phi) is 5.02. The molecule has 1 saturated heterocycles. The highest BCUT2D eigenvalue weighted by atomic mass is 16.2. The van der Waals surface area contributed by atoms with E-state index in [1.165, 1.54) is 14.0 Å². The lowest BCUT2D eigenvalue weighted by molar-refractivity contribution is -0.126. The van der Waals surface area contributed by atoms with Gasteiger partial charge < -0.3 is 10.2 Å². The van der Waals surface area contributed by atoms with Crippen molar-refractivity contribution in [3.05, 3.63) is 88.3 Å².